The molecule has 0 bridgehead atoms. The summed E-state index contributed by atoms with van der Waals surface area (Å²) in [5.74, 6) is -0.166. The summed E-state index contributed by atoms with van der Waals surface area (Å²) in [6.45, 7) is 2.56. The molecule has 3 nitrogen and oxygen atoms in total. The Bertz CT molecular complexity index is 575. The summed E-state index contributed by atoms with van der Waals surface area (Å²) in [6.07, 6.45) is 1.12. The molecule has 0 amide bonds. The quantitative estimate of drug-likeness (QED) is 0.926. The maximum absolute atomic E-state index is 13.7. The molecule has 94 valence electrons. The van der Waals surface area contributed by atoms with Crippen LogP contribution in [0.4, 0.5) is 10.3 Å². The number of hydrogen-bond donors (Lipinski definition) is 1. The largest absolute Gasteiger partial charge is 0.354 e. The average Bonchev–Trinajstić information content (AvgIpc) is 2.33. The summed E-state index contributed by atoms with van der Waals surface area (Å²) in [5.41, 5.74) is 0.641. The summed E-state index contributed by atoms with van der Waals surface area (Å²) in [5, 5.41) is 3.76. The minimum absolute atomic E-state index is 0.155. The van der Waals surface area contributed by atoms with Gasteiger partial charge < -0.3 is 5.32 Å². The molecule has 0 atom stereocenters. The van der Waals surface area contributed by atoms with Gasteiger partial charge in [0.05, 0.1) is 11.2 Å². The lowest BCUT2D eigenvalue weighted by Gasteiger charge is -2.07. The highest BCUT2D eigenvalue weighted by Gasteiger charge is 2.12. The van der Waals surface area contributed by atoms with Crippen LogP contribution in [0.25, 0.3) is 11.3 Å². The van der Waals surface area contributed by atoms with E-state index in [9.17, 15) is 4.39 Å². The lowest BCUT2D eigenvalue weighted by molar-refractivity contribution is 0.618. The van der Waals surface area contributed by atoms with Gasteiger partial charge in [0.15, 0.2) is 5.82 Å². The molecular weight excluding hydrogens is 276 g/mol. The number of aromatic nitrogens is 2. The second-order valence-corrected chi connectivity index (χ2v) is 4.39. The van der Waals surface area contributed by atoms with Gasteiger partial charge in [-0.25, -0.2) is 14.4 Å². The molecule has 0 aliphatic rings. The van der Waals surface area contributed by atoms with Crippen LogP contribution in [-0.4, -0.2) is 16.5 Å². The van der Waals surface area contributed by atoms with E-state index in [2.05, 4.69) is 15.3 Å². The zero-order valence-electron chi connectivity index (χ0n) is 9.54. The van der Waals surface area contributed by atoms with Gasteiger partial charge >= 0.3 is 0 Å². The fraction of sp³-hybridized carbons (Fsp3) is 0.167. The fourth-order valence-corrected chi connectivity index (χ4v) is 1.98. The van der Waals surface area contributed by atoms with Gasteiger partial charge in [-0.15, -0.1) is 0 Å². The van der Waals surface area contributed by atoms with Crippen LogP contribution in [0, 0.1) is 5.82 Å². The smallest absolute Gasteiger partial charge is 0.223 e. The van der Waals surface area contributed by atoms with Crippen LogP contribution in [-0.2, 0) is 0 Å². The maximum Gasteiger partial charge on any atom is 0.223 e. The molecule has 2 aromatic rings. The van der Waals surface area contributed by atoms with Crippen LogP contribution >= 0.6 is 23.2 Å². The Morgan fingerprint density at radius 3 is 2.78 bits per heavy atom. The van der Waals surface area contributed by atoms with E-state index in [1.54, 1.807) is 18.2 Å². The average molecular weight is 286 g/mol. The molecule has 0 unspecified atom stereocenters. The van der Waals surface area contributed by atoms with Crippen molar-refractivity contribution >= 4 is 29.2 Å². The molecule has 6 heteroatoms. The van der Waals surface area contributed by atoms with E-state index in [1.165, 1.54) is 0 Å². The minimum Gasteiger partial charge on any atom is -0.354 e. The van der Waals surface area contributed by atoms with Gasteiger partial charge in [-0.3, -0.25) is 0 Å². The van der Waals surface area contributed by atoms with Gasteiger partial charge in [0.1, 0.15) is 5.69 Å². The van der Waals surface area contributed by atoms with Crippen LogP contribution < -0.4 is 5.32 Å². The topological polar surface area (TPSA) is 37.8 Å². The highest BCUT2D eigenvalue weighted by Crippen LogP contribution is 2.30. The van der Waals surface area contributed by atoms with Crippen molar-refractivity contribution in [3.8, 4) is 11.3 Å². The van der Waals surface area contributed by atoms with Crippen molar-refractivity contribution in [2.75, 3.05) is 11.9 Å². The lowest BCUT2D eigenvalue weighted by atomic mass is 10.1. The molecule has 0 fully saturated rings. The number of nitrogens with zero attached hydrogens (tertiary/aromatic N) is 2. The second-order valence-electron chi connectivity index (χ2n) is 3.54. The second kappa shape index (κ2) is 5.50. The Morgan fingerprint density at radius 2 is 2.11 bits per heavy atom. The predicted octanol–water partition coefficient (Wildman–Crippen LogP) is 4.02. The molecule has 1 aromatic heterocycles. The molecule has 0 spiro atoms. The lowest BCUT2D eigenvalue weighted by Crippen LogP contribution is -2.04. The minimum atomic E-state index is -0.527. The van der Waals surface area contributed by atoms with E-state index in [0.717, 1.165) is 6.20 Å². The SMILES string of the molecule is CCNc1ncc(F)c(-c2ccc(Cl)cc2Cl)n1. The number of hydrogen-bond acceptors (Lipinski definition) is 3. The van der Waals surface area contributed by atoms with E-state index >= 15 is 0 Å². The van der Waals surface area contributed by atoms with Crippen LogP contribution in [0.1, 0.15) is 6.92 Å². The fourth-order valence-electron chi connectivity index (χ4n) is 1.48. The third-order valence-corrected chi connectivity index (χ3v) is 2.81. The number of halogens is 3. The van der Waals surface area contributed by atoms with Crippen molar-refractivity contribution in [2.24, 2.45) is 0 Å². The highest BCUT2D eigenvalue weighted by molar-refractivity contribution is 6.36. The van der Waals surface area contributed by atoms with Crippen molar-refractivity contribution in [3.63, 3.8) is 0 Å². The van der Waals surface area contributed by atoms with Crippen LogP contribution in [0.5, 0.6) is 0 Å². The Morgan fingerprint density at radius 1 is 1.33 bits per heavy atom. The molecule has 0 aliphatic carbocycles. The number of anilines is 1. The van der Waals surface area contributed by atoms with E-state index < -0.39 is 5.82 Å². The van der Waals surface area contributed by atoms with Crippen molar-refractivity contribution in [3.05, 3.63) is 40.3 Å². The first-order valence-corrected chi connectivity index (χ1v) is 6.09. The summed E-state index contributed by atoms with van der Waals surface area (Å²) in [6, 6.07) is 4.82. The molecule has 0 saturated heterocycles. The Kier molecular flexibility index (Phi) is 3.99. The summed E-state index contributed by atoms with van der Waals surface area (Å²) in [7, 11) is 0. The zero-order chi connectivity index (χ0) is 13.1. The molecule has 2 rings (SSSR count). The molecule has 1 heterocycles. The van der Waals surface area contributed by atoms with Crippen molar-refractivity contribution in [1.29, 1.82) is 0 Å². The Labute approximate surface area is 114 Å². The zero-order valence-corrected chi connectivity index (χ0v) is 11.1. The predicted molar refractivity (Wildman–Crippen MR) is 71.6 cm³/mol. The van der Waals surface area contributed by atoms with E-state index in [0.29, 0.717) is 28.1 Å². The van der Waals surface area contributed by atoms with Gasteiger partial charge in [0.2, 0.25) is 5.95 Å². The van der Waals surface area contributed by atoms with Gasteiger partial charge in [0, 0.05) is 17.1 Å². The molecule has 0 radical (unpaired) electrons. The summed E-state index contributed by atoms with van der Waals surface area (Å²) < 4.78 is 13.7. The van der Waals surface area contributed by atoms with Gasteiger partial charge in [-0.05, 0) is 25.1 Å². The van der Waals surface area contributed by atoms with E-state index in [1.807, 2.05) is 6.92 Å². The summed E-state index contributed by atoms with van der Waals surface area (Å²) in [4.78, 5) is 7.93. The van der Waals surface area contributed by atoms with Crippen molar-refractivity contribution in [2.45, 2.75) is 6.92 Å². The monoisotopic (exact) mass is 285 g/mol. The van der Waals surface area contributed by atoms with E-state index in [-0.39, 0.29) is 5.69 Å². The molecule has 1 N–H and O–H groups in total. The molecule has 0 saturated carbocycles. The van der Waals surface area contributed by atoms with Gasteiger partial charge in [-0.2, -0.15) is 0 Å². The van der Waals surface area contributed by atoms with Crippen molar-refractivity contribution < 1.29 is 4.39 Å². The number of rotatable bonds is 3. The van der Waals surface area contributed by atoms with Crippen LogP contribution in [0.3, 0.4) is 0 Å². The van der Waals surface area contributed by atoms with Gasteiger partial charge in [0.25, 0.3) is 0 Å². The number of nitrogens with one attached hydrogen (secondary N) is 1. The van der Waals surface area contributed by atoms with Crippen LogP contribution in [0.15, 0.2) is 24.4 Å². The first-order chi connectivity index (χ1) is 8.61. The van der Waals surface area contributed by atoms with Gasteiger partial charge in [-0.1, -0.05) is 23.2 Å². The molecule has 0 aliphatic heterocycles. The Hall–Kier alpha value is -1.39. The van der Waals surface area contributed by atoms with E-state index in [4.69, 9.17) is 23.2 Å². The third-order valence-electron chi connectivity index (χ3n) is 2.27. The first kappa shape index (κ1) is 13.1. The molecule has 1 aromatic carbocycles. The number of benzene rings is 1. The normalized spacial score (nSPS) is 10.4. The standard InChI is InChI=1S/C12H10Cl2FN3/c1-2-16-12-17-6-10(15)11(18-12)8-4-3-7(13)5-9(8)14/h3-6H,2H2,1H3,(H,16,17,18). The highest BCUT2D eigenvalue weighted by atomic mass is 35.5. The Balaban J connectivity index is 2.51. The molecule has 18 heavy (non-hydrogen) atoms. The first-order valence-electron chi connectivity index (χ1n) is 5.33. The summed E-state index contributed by atoms with van der Waals surface area (Å²) >= 11 is 11.8. The van der Waals surface area contributed by atoms with Crippen LogP contribution in [0.2, 0.25) is 10.0 Å². The molecular formula is C12H10Cl2FN3. The maximum atomic E-state index is 13.7. The van der Waals surface area contributed by atoms with Crippen molar-refractivity contribution in [1.82, 2.24) is 9.97 Å². The third kappa shape index (κ3) is 2.71.